The van der Waals surface area contributed by atoms with Crippen LogP contribution in [-0.4, -0.2) is 25.8 Å². The zero-order valence-corrected chi connectivity index (χ0v) is 11.7. The van der Waals surface area contributed by atoms with Crippen molar-refractivity contribution in [2.45, 2.75) is 19.5 Å². The van der Waals surface area contributed by atoms with Crippen LogP contribution < -0.4 is 5.73 Å². The van der Waals surface area contributed by atoms with Crippen molar-refractivity contribution in [1.82, 2.24) is 19.3 Å². The van der Waals surface area contributed by atoms with Crippen LogP contribution in [0.3, 0.4) is 0 Å². The molecule has 0 fully saturated rings. The molecule has 21 heavy (non-hydrogen) atoms. The fourth-order valence-corrected chi connectivity index (χ4v) is 2.98. The van der Waals surface area contributed by atoms with Gasteiger partial charge < -0.3 is 5.73 Å². The number of hydrogen-bond donors (Lipinski definition) is 1. The molecular formula is C16H17N5. The van der Waals surface area contributed by atoms with Crippen molar-refractivity contribution in [2.24, 2.45) is 0 Å². The number of nitrogen functional groups attached to an aromatic ring is 1. The van der Waals surface area contributed by atoms with Crippen LogP contribution in [0.15, 0.2) is 42.9 Å². The van der Waals surface area contributed by atoms with Crippen LogP contribution in [0.25, 0.3) is 5.78 Å². The maximum Gasteiger partial charge on any atom is 0.233 e. The summed E-state index contributed by atoms with van der Waals surface area (Å²) in [7, 11) is 0. The second-order valence-corrected chi connectivity index (χ2v) is 5.50. The minimum atomic E-state index is 0.754. The Kier molecular flexibility index (Phi) is 2.86. The smallest absolute Gasteiger partial charge is 0.233 e. The van der Waals surface area contributed by atoms with E-state index in [9.17, 15) is 0 Å². The van der Waals surface area contributed by atoms with E-state index in [4.69, 9.17) is 5.73 Å². The highest BCUT2D eigenvalue weighted by Gasteiger charge is 2.19. The van der Waals surface area contributed by atoms with Crippen molar-refractivity contribution in [3.8, 4) is 0 Å². The SMILES string of the molecule is Nc1cccc2c1CN(Cc1cn3cccnc3n1)CC2. The van der Waals surface area contributed by atoms with E-state index in [0.717, 1.165) is 43.2 Å². The highest BCUT2D eigenvalue weighted by Crippen LogP contribution is 2.25. The molecule has 0 spiro atoms. The monoisotopic (exact) mass is 279 g/mol. The molecule has 0 unspecified atom stereocenters. The number of benzene rings is 1. The minimum Gasteiger partial charge on any atom is -0.398 e. The molecule has 0 radical (unpaired) electrons. The van der Waals surface area contributed by atoms with Crippen molar-refractivity contribution < 1.29 is 0 Å². The van der Waals surface area contributed by atoms with Crippen molar-refractivity contribution in [2.75, 3.05) is 12.3 Å². The molecule has 5 nitrogen and oxygen atoms in total. The standard InChI is InChI=1S/C16H17N5/c17-15-4-1-3-12-5-8-20(11-14(12)15)9-13-10-21-7-2-6-18-16(21)19-13/h1-4,6-7,10H,5,8-9,11,17H2. The van der Waals surface area contributed by atoms with Crippen LogP contribution in [0, 0.1) is 0 Å². The Morgan fingerprint density at radius 3 is 3.10 bits per heavy atom. The molecule has 4 rings (SSSR count). The average molecular weight is 279 g/mol. The second-order valence-electron chi connectivity index (χ2n) is 5.50. The third-order valence-electron chi connectivity index (χ3n) is 4.06. The van der Waals surface area contributed by atoms with Crippen molar-refractivity contribution in [3.63, 3.8) is 0 Å². The number of nitrogens with two attached hydrogens (primary N) is 1. The highest BCUT2D eigenvalue weighted by molar-refractivity contribution is 5.51. The van der Waals surface area contributed by atoms with Crippen molar-refractivity contribution >= 4 is 11.5 Å². The fraction of sp³-hybridized carbons (Fsp3) is 0.250. The predicted molar refractivity (Wildman–Crippen MR) is 81.7 cm³/mol. The van der Waals surface area contributed by atoms with Gasteiger partial charge in [-0.2, -0.15) is 0 Å². The van der Waals surface area contributed by atoms with Gasteiger partial charge in [0, 0.05) is 43.9 Å². The lowest BCUT2D eigenvalue weighted by Gasteiger charge is -2.28. The van der Waals surface area contributed by atoms with E-state index in [0.29, 0.717) is 0 Å². The Balaban J connectivity index is 1.57. The summed E-state index contributed by atoms with van der Waals surface area (Å²) in [6, 6.07) is 8.11. The third-order valence-corrected chi connectivity index (χ3v) is 4.06. The normalized spacial score (nSPS) is 15.2. The van der Waals surface area contributed by atoms with Gasteiger partial charge in [-0.25, -0.2) is 9.97 Å². The first-order valence-electron chi connectivity index (χ1n) is 7.17. The number of nitrogens with zero attached hydrogens (tertiary/aromatic N) is 4. The van der Waals surface area contributed by atoms with Gasteiger partial charge in [0.05, 0.1) is 5.69 Å². The molecule has 2 aromatic heterocycles. The van der Waals surface area contributed by atoms with Gasteiger partial charge in [0.15, 0.2) is 0 Å². The van der Waals surface area contributed by atoms with Crippen LogP contribution in [0.4, 0.5) is 5.69 Å². The summed E-state index contributed by atoms with van der Waals surface area (Å²) < 4.78 is 1.96. The number of imidazole rings is 1. The molecule has 0 atom stereocenters. The molecule has 3 heterocycles. The average Bonchev–Trinajstić information content (AvgIpc) is 2.90. The summed E-state index contributed by atoms with van der Waals surface area (Å²) in [5.74, 6) is 0.754. The number of hydrogen-bond acceptors (Lipinski definition) is 4. The van der Waals surface area contributed by atoms with E-state index in [-0.39, 0.29) is 0 Å². The molecule has 0 aliphatic carbocycles. The summed E-state index contributed by atoms with van der Waals surface area (Å²) in [5, 5.41) is 0. The van der Waals surface area contributed by atoms with Crippen LogP contribution in [0.1, 0.15) is 16.8 Å². The molecular weight excluding hydrogens is 262 g/mol. The van der Waals surface area contributed by atoms with Crippen molar-refractivity contribution in [3.05, 3.63) is 59.7 Å². The zero-order chi connectivity index (χ0) is 14.2. The summed E-state index contributed by atoms with van der Waals surface area (Å²) in [5.41, 5.74) is 10.7. The van der Waals surface area contributed by atoms with Gasteiger partial charge in [-0.15, -0.1) is 0 Å². The van der Waals surface area contributed by atoms with E-state index in [1.54, 1.807) is 6.20 Å². The Bertz CT molecular complexity index is 759. The highest BCUT2D eigenvalue weighted by atomic mass is 15.2. The molecule has 0 amide bonds. The molecule has 2 N–H and O–H groups in total. The second kappa shape index (κ2) is 4.86. The minimum absolute atomic E-state index is 0.754. The quantitative estimate of drug-likeness (QED) is 0.728. The largest absolute Gasteiger partial charge is 0.398 e. The van der Waals surface area contributed by atoms with Gasteiger partial charge in [0.25, 0.3) is 0 Å². The van der Waals surface area contributed by atoms with Gasteiger partial charge in [-0.05, 0) is 29.7 Å². The Morgan fingerprint density at radius 1 is 1.24 bits per heavy atom. The first kappa shape index (κ1) is 12.3. The van der Waals surface area contributed by atoms with Crippen LogP contribution in [-0.2, 0) is 19.5 Å². The Labute approximate surface area is 123 Å². The molecule has 0 saturated heterocycles. The van der Waals surface area contributed by atoms with Crippen LogP contribution in [0.5, 0.6) is 0 Å². The number of aromatic nitrogens is 3. The third kappa shape index (κ3) is 2.25. The topological polar surface area (TPSA) is 59.5 Å². The first-order chi connectivity index (χ1) is 10.3. The molecule has 1 aromatic carbocycles. The summed E-state index contributed by atoms with van der Waals surface area (Å²) >= 11 is 0. The van der Waals surface area contributed by atoms with Crippen molar-refractivity contribution in [1.29, 1.82) is 0 Å². The summed E-state index contributed by atoms with van der Waals surface area (Å²) in [4.78, 5) is 11.2. The van der Waals surface area contributed by atoms with Gasteiger partial charge in [0.2, 0.25) is 5.78 Å². The number of fused-ring (bicyclic) bond motifs is 2. The van der Waals surface area contributed by atoms with Gasteiger partial charge in [-0.1, -0.05) is 12.1 Å². The Morgan fingerprint density at radius 2 is 2.19 bits per heavy atom. The van der Waals surface area contributed by atoms with Crippen LogP contribution in [0.2, 0.25) is 0 Å². The molecule has 3 aromatic rings. The summed E-state index contributed by atoms with van der Waals surface area (Å²) in [6.07, 6.45) is 6.84. The van der Waals surface area contributed by atoms with Gasteiger partial charge >= 0.3 is 0 Å². The van der Waals surface area contributed by atoms with E-state index in [1.165, 1.54) is 11.1 Å². The molecule has 5 heteroatoms. The van der Waals surface area contributed by atoms with E-state index in [2.05, 4.69) is 20.9 Å². The Hall–Kier alpha value is -2.40. The molecule has 0 bridgehead atoms. The van der Waals surface area contributed by atoms with Crippen LogP contribution >= 0.6 is 0 Å². The van der Waals surface area contributed by atoms with Gasteiger partial charge in [0.1, 0.15) is 0 Å². The van der Waals surface area contributed by atoms with E-state index >= 15 is 0 Å². The molecule has 0 saturated carbocycles. The summed E-state index contributed by atoms with van der Waals surface area (Å²) in [6.45, 7) is 2.76. The fourth-order valence-electron chi connectivity index (χ4n) is 2.98. The lowest BCUT2D eigenvalue weighted by molar-refractivity contribution is 0.243. The molecule has 1 aliphatic heterocycles. The van der Waals surface area contributed by atoms with E-state index < -0.39 is 0 Å². The molecule has 106 valence electrons. The number of rotatable bonds is 2. The molecule has 1 aliphatic rings. The zero-order valence-electron chi connectivity index (χ0n) is 11.7. The number of anilines is 1. The maximum absolute atomic E-state index is 6.10. The lowest BCUT2D eigenvalue weighted by Crippen LogP contribution is -2.30. The maximum atomic E-state index is 6.10. The predicted octanol–water partition coefficient (Wildman–Crippen LogP) is 1.87. The first-order valence-corrected chi connectivity index (χ1v) is 7.17. The lowest BCUT2D eigenvalue weighted by atomic mass is 9.98. The van der Waals surface area contributed by atoms with E-state index in [1.807, 2.05) is 35.0 Å². The van der Waals surface area contributed by atoms with Gasteiger partial charge in [-0.3, -0.25) is 9.30 Å².